The van der Waals surface area contributed by atoms with E-state index in [1.54, 1.807) is 13.2 Å². The van der Waals surface area contributed by atoms with Crippen LogP contribution in [0.3, 0.4) is 0 Å². The maximum Gasteiger partial charge on any atom is 0.252 e. The number of hydrogen-bond acceptors (Lipinski definition) is 5. The zero-order valence-electron chi connectivity index (χ0n) is 18.0. The molecule has 7 nitrogen and oxygen atoms in total. The smallest absolute Gasteiger partial charge is 0.252 e. The molecule has 1 amide bonds. The Labute approximate surface area is 185 Å². The lowest BCUT2D eigenvalue weighted by Gasteiger charge is -2.33. The quantitative estimate of drug-likeness (QED) is 0.595. The summed E-state index contributed by atoms with van der Waals surface area (Å²) in [6, 6.07) is 1.97. The minimum atomic E-state index is -0.318. The van der Waals surface area contributed by atoms with Gasteiger partial charge in [-0.15, -0.1) is 0 Å². The normalized spacial score (nSPS) is 19.7. The molecule has 2 aliphatic rings. The second-order valence-electron chi connectivity index (χ2n) is 8.55. The Morgan fingerprint density at radius 1 is 1.35 bits per heavy atom. The number of aromatic nitrogens is 2. The van der Waals surface area contributed by atoms with Crippen LogP contribution >= 0.6 is 0 Å². The monoisotopic (exact) mass is 431 g/mol. The lowest BCUT2D eigenvalue weighted by molar-refractivity contribution is -0.149. The van der Waals surface area contributed by atoms with Crippen LogP contribution in [0.1, 0.15) is 70.9 Å². The minimum absolute atomic E-state index is 0. The van der Waals surface area contributed by atoms with Gasteiger partial charge in [0.2, 0.25) is 0 Å². The lowest BCUT2D eigenvalue weighted by Crippen LogP contribution is -2.44. The molecule has 0 unspecified atom stereocenters. The van der Waals surface area contributed by atoms with Gasteiger partial charge in [0.05, 0.1) is 23.3 Å². The van der Waals surface area contributed by atoms with Crippen LogP contribution in [0, 0.1) is 0 Å². The van der Waals surface area contributed by atoms with Crippen LogP contribution in [0.15, 0.2) is 18.5 Å². The van der Waals surface area contributed by atoms with Gasteiger partial charge in [0.25, 0.3) is 5.91 Å². The fraction of sp³-hybridized carbons (Fsp3) is 0.667. The van der Waals surface area contributed by atoms with Gasteiger partial charge >= 0.3 is 0 Å². The summed E-state index contributed by atoms with van der Waals surface area (Å²) < 4.78 is 13.1. The minimum Gasteiger partial charge on any atom is -0.506 e. The van der Waals surface area contributed by atoms with Crippen LogP contribution in [-0.2, 0) is 20.8 Å². The standard InChI is InChI=1S/C23H33N3O4.CH4/c1-16(26(17-8-9-17)23(28)21-7-3-5-12-30-21)19-15-25(10-4-6-11-29-2)20-13-18(27)14-24-22(19)20;/h13-17,21,27H,3-12H2,1-2H3;1H4/t16-,21-;/m1./s1. The molecule has 1 saturated carbocycles. The Bertz CT molecular complexity index is 871. The number of pyridine rings is 1. The fourth-order valence-electron chi connectivity index (χ4n) is 4.49. The summed E-state index contributed by atoms with van der Waals surface area (Å²) in [4.78, 5) is 19.9. The van der Waals surface area contributed by atoms with Gasteiger partial charge in [-0.2, -0.15) is 0 Å². The van der Waals surface area contributed by atoms with Crippen LogP contribution in [0.4, 0.5) is 0 Å². The first-order chi connectivity index (χ1) is 14.6. The van der Waals surface area contributed by atoms with E-state index in [2.05, 4.69) is 22.7 Å². The molecule has 172 valence electrons. The summed E-state index contributed by atoms with van der Waals surface area (Å²) in [7, 11) is 1.71. The van der Waals surface area contributed by atoms with E-state index in [4.69, 9.17) is 9.47 Å². The van der Waals surface area contributed by atoms with Crippen molar-refractivity contribution in [3.8, 4) is 5.75 Å². The van der Waals surface area contributed by atoms with Gasteiger partial charge in [-0.1, -0.05) is 7.43 Å². The van der Waals surface area contributed by atoms with Gasteiger partial charge in [-0.3, -0.25) is 9.78 Å². The SMILES string of the molecule is C.COCCCCn1cc([C@@H](C)N(C(=O)[C@H]2CCCCO2)C2CC2)c2ncc(O)cc21. The number of unbranched alkanes of at least 4 members (excludes halogenated alkanes) is 1. The van der Waals surface area contributed by atoms with E-state index in [9.17, 15) is 9.90 Å². The number of methoxy groups -OCH3 is 1. The summed E-state index contributed by atoms with van der Waals surface area (Å²) >= 11 is 0. The average molecular weight is 432 g/mol. The Morgan fingerprint density at radius 3 is 2.84 bits per heavy atom. The maximum absolute atomic E-state index is 13.4. The molecule has 0 radical (unpaired) electrons. The predicted molar refractivity (Wildman–Crippen MR) is 121 cm³/mol. The Balaban J connectivity index is 0.00000272. The number of carbonyl (C=O) groups is 1. The highest BCUT2D eigenvalue weighted by atomic mass is 16.5. The largest absolute Gasteiger partial charge is 0.506 e. The Hall–Kier alpha value is -2.12. The molecule has 0 bridgehead atoms. The van der Waals surface area contributed by atoms with E-state index in [0.717, 1.165) is 74.7 Å². The molecule has 3 heterocycles. The first-order valence-corrected chi connectivity index (χ1v) is 11.2. The lowest BCUT2D eigenvalue weighted by atomic mass is 10.0. The Kier molecular flexibility index (Phi) is 7.94. The highest BCUT2D eigenvalue weighted by Crippen LogP contribution is 2.38. The van der Waals surface area contributed by atoms with Gasteiger partial charge in [0, 0.05) is 50.7 Å². The zero-order chi connectivity index (χ0) is 21.1. The highest BCUT2D eigenvalue weighted by molar-refractivity contribution is 5.85. The van der Waals surface area contributed by atoms with Crippen molar-refractivity contribution in [2.24, 2.45) is 0 Å². The van der Waals surface area contributed by atoms with Crippen LogP contribution in [0.2, 0.25) is 0 Å². The van der Waals surface area contributed by atoms with Crippen molar-refractivity contribution in [1.29, 1.82) is 0 Å². The summed E-state index contributed by atoms with van der Waals surface area (Å²) in [6.07, 6.45) is 10.2. The number of fused-ring (bicyclic) bond motifs is 1. The van der Waals surface area contributed by atoms with Gasteiger partial charge in [0.1, 0.15) is 11.9 Å². The molecule has 1 aliphatic heterocycles. The third-order valence-corrected chi connectivity index (χ3v) is 6.25. The molecule has 0 aromatic carbocycles. The molecule has 31 heavy (non-hydrogen) atoms. The molecule has 2 atom stereocenters. The predicted octanol–water partition coefficient (Wildman–Crippen LogP) is 4.43. The van der Waals surface area contributed by atoms with Crippen molar-refractivity contribution in [2.75, 3.05) is 20.3 Å². The summed E-state index contributed by atoms with van der Waals surface area (Å²) in [5.74, 6) is 0.271. The third kappa shape index (κ3) is 5.21. The van der Waals surface area contributed by atoms with E-state index < -0.39 is 0 Å². The molecule has 1 saturated heterocycles. The van der Waals surface area contributed by atoms with E-state index in [1.165, 1.54) is 6.20 Å². The molecule has 2 aromatic heterocycles. The van der Waals surface area contributed by atoms with E-state index in [1.807, 2.05) is 4.90 Å². The van der Waals surface area contributed by atoms with Crippen molar-refractivity contribution in [3.63, 3.8) is 0 Å². The number of nitrogens with zero attached hydrogens (tertiary/aromatic N) is 3. The van der Waals surface area contributed by atoms with Gasteiger partial charge in [-0.05, 0) is 51.9 Å². The van der Waals surface area contributed by atoms with Crippen molar-refractivity contribution < 1.29 is 19.4 Å². The number of ether oxygens (including phenoxy) is 2. The molecule has 2 aromatic rings. The second kappa shape index (κ2) is 10.5. The summed E-state index contributed by atoms with van der Waals surface area (Å²) in [5, 5.41) is 10.0. The first kappa shape index (κ1) is 23.5. The molecule has 0 spiro atoms. The average Bonchev–Trinajstić information content (AvgIpc) is 3.53. The molecule has 1 aliphatic carbocycles. The van der Waals surface area contributed by atoms with Gasteiger partial charge in [-0.25, -0.2) is 0 Å². The van der Waals surface area contributed by atoms with Gasteiger partial charge in [0.15, 0.2) is 0 Å². The topological polar surface area (TPSA) is 76.8 Å². The van der Waals surface area contributed by atoms with Crippen LogP contribution < -0.4 is 0 Å². The number of aromatic hydroxyl groups is 1. The third-order valence-electron chi connectivity index (χ3n) is 6.25. The fourth-order valence-corrected chi connectivity index (χ4v) is 4.49. The number of aryl methyl sites for hydroxylation is 1. The number of rotatable bonds is 9. The van der Waals surface area contributed by atoms with Crippen LogP contribution in [-0.4, -0.2) is 57.9 Å². The van der Waals surface area contributed by atoms with E-state index >= 15 is 0 Å². The summed E-state index contributed by atoms with van der Waals surface area (Å²) in [6.45, 7) is 4.32. The number of carbonyl (C=O) groups excluding carboxylic acids is 1. The van der Waals surface area contributed by atoms with E-state index in [0.29, 0.717) is 6.61 Å². The van der Waals surface area contributed by atoms with Crippen LogP contribution in [0.25, 0.3) is 11.0 Å². The molecule has 7 heteroatoms. The van der Waals surface area contributed by atoms with Crippen molar-refractivity contribution in [3.05, 3.63) is 24.0 Å². The maximum atomic E-state index is 13.4. The molecule has 1 N–H and O–H groups in total. The number of amides is 1. The first-order valence-electron chi connectivity index (χ1n) is 11.2. The highest BCUT2D eigenvalue weighted by Gasteiger charge is 2.40. The Morgan fingerprint density at radius 2 is 2.16 bits per heavy atom. The zero-order valence-corrected chi connectivity index (χ0v) is 18.0. The van der Waals surface area contributed by atoms with Crippen molar-refractivity contribution in [2.45, 2.75) is 84.0 Å². The van der Waals surface area contributed by atoms with E-state index in [-0.39, 0.29) is 37.3 Å². The van der Waals surface area contributed by atoms with Crippen molar-refractivity contribution in [1.82, 2.24) is 14.5 Å². The molecule has 4 rings (SSSR count). The van der Waals surface area contributed by atoms with Crippen LogP contribution in [0.5, 0.6) is 5.75 Å². The number of hydrogen-bond donors (Lipinski definition) is 1. The van der Waals surface area contributed by atoms with Crippen molar-refractivity contribution >= 4 is 16.9 Å². The molecular weight excluding hydrogens is 394 g/mol. The van der Waals surface area contributed by atoms with Gasteiger partial charge < -0.3 is 24.0 Å². The second-order valence-corrected chi connectivity index (χ2v) is 8.55. The molecular formula is C24H37N3O4. The molecule has 2 fully saturated rings. The summed E-state index contributed by atoms with van der Waals surface area (Å²) in [5.41, 5.74) is 2.80.